The Labute approximate surface area is 155 Å². The number of nitrogens with one attached hydrogen (secondary N) is 3. The van der Waals surface area contributed by atoms with Crippen molar-refractivity contribution in [3.63, 3.8) is 0 Å². The first-order chi connectivity index (χ1) is 12.1. The number of likely N-dealkylation sites (N-methyl/N-ethyl adjacent to an activating group) is 1. The van der Waals surface area contributed by atoms with Crippen LogP contribution in [0.4, 0.5) is 0 Å². The Morgan fingerprint density at radius 3 is 2.76 bits per heavy atom. The zero-order chi connectivity index (χ0) is 17.9. The van der Waals surface area contributed by atoms with E-state index in [1.54, 1.807) is 0 Å². The Balaban J connectivity index is 1.87. The molecule has 1 aromatic heterocycles. The fraction of sp³-hybridized carbons (Fsp3) is 0.550. The number of aromatic amines is 1. The maximum atomic E-state index is 6.60. The van der Waals surface area contributed by atoms with Crippen LogP contribution in [0.2, 0.25) is 5.02 Å². The number of rotatable bonds is 6. The van der Waals surface area contributed by atoms with E-state index in [4.69, 9.17) is 11.6 Å². The number of nitrogens with zero attached hydrogens (tertiary/aromatic N) is 1. The summed E-state index contributed by atoms with van der Waals surface area (Å²) in [5, 5.41) is 8.39. The Morgan fingerprint density at radius 1 is 1.28 bits per heavy atom. The number of aryl methyl sites for hydroxylation is 2. The summed E-state index contributed by atoms with van der Waals surface area (Å²) in [5.41, 5.74) is 3.30. The number of aromatic nitrogens is 2. The van der Waals surface area contributed by atoms with Crippen LogP contribution < -0.4 is 10.6 Å². The molecule has 1 aromatic carbocycles. The molecule has 25 heavy (non-hydrogen) atoms. The maximum Gasteiger partial charge on any atom is 0.120 e. The molecular weight excluding hydrogens is 332 g/mol. The van der Waals surface area contributed by atoms with E-state index in [2.05, 4.69) is 46.6 Å². The second-order valence-corrected chi connectivity index (χ2v) is 7.46. The molecule has 1 saturated carbocycles. The highest BCUT2D eigenvalue weighted by Gasteiger charge is 2.42. The lowest BCUT2D eigenvalue weighted by Crippen LogP contribution is -2.58. The molecule has 1 heterocycles. The van der Waals surface area contributed by atoms with Gasteiger partial charge in [0.1, 0.15) is 5.82 Å². The minimum absolute atomic E-state index is 0.123. The molecule has 1 fully saturated rings. The van der Waals surface area contributed by atoms with Gasteiger partial charge < -0.3 is 15.6 Å². The molecule has 1 aliphatic carbocycles. The number of halogens is 1. The molecule has 1 aliphatic rings. The number of H-pyrrole nitrogens is 1. The highest BCUT2D eigenvalue weighted by molar-refractivity contribution is 6.31. The van der Waals surface area contributed by atoms with Crippen molar-refractivity contribution in [2.75, 3.05) is 6.54 Å². The van der Waals surface area contributed by atoms with E-state index >= 15 is 0 Å². The zero-order valence-corrected chi connectivity index (χ0v) is 16.2. The topological polar surface area (TPSA) is 52.7 Å². The summed E-state index contributed by atoms with van der Waals surface area (Å²) < 4.78 is 0. The number of imidazole rings is 1. The van der Waals surface area contributed by atoms with E-state index in [9.17, 15) is 0 Å². The number of hydrogen-bond donors (Lipinski definition) is 3. The molecule has 0 aliphatic heterocycles. The van der Waals surface area contributed by atoms with E-state index in [-0.39, 0.29) is 5.54 Å². The molecule has 0 bridgehead atoms. The zero-order valence-electron chi connectivity index (χ0n) is 15.5. The molecular formula is C20H29ClN4. The third-order valence-electron chi connectivity index (χ3n) is 5.45. The minimum atomic E-state index is -0.123. The summed E-state index contributed by atoms with van der Waals surface area (Å²) in [7, 11) is 0. The van der Waals surface area contributed by atoms with Gasteiger partial charge in [0, 0.05) is 16.8 Å². The summed E-state index contributed by atoms with van der Waals surface area (Å²) in [6, 6.07) is 8.59. The predicted octanol–water partition coefficient (Wildman–Crippen LogP) is 4.22. The normalized spacial score (nSPS) is 23.8. The third kappa shape index (κ3) is 3.76. The average Bonchev–Trinajstić information content (AvgIpc) is 2.93. The van der Waals surface area contributed by atoms with Gasteiger partial charge in [-0.05, 0) is 44.9 Å². The number of benzene rings is 1. The predicted molar refractivity (Wildman–Crippen MR) is 104 cm³/mol. The van der Waals surface area contributed by atoms with Gasteiger partial charge in [-0.3, -0.25) is 0 Å². The molecule has 5 heteroatoms. The van der Waals surface area contributed by atoms with Crippen LogP contribution in [0.3, 0.4) is 0 Å². The molecule has 3 rings (SSSR count). The second kappa shape index (κ2) is 7.90. The fourth-order valence-corrected chi connectivity index (χ4v) is 4.45. The van der Waals surface area contributed by atoms with Crippen LogP contribution in [0.5, 0.6) is 0 Å². The van der Waals surface area contributed by atoms with Crippen molar-refractivity contribution < 1.29 is 0 Å². The van der Waals surface area contributed by atoms with Crippen LogP contribution in [0, 0.1) is 13.8 Å². The fourth-order valence-electron chi connectivity index (χ4n) is 4.14. The standard InChI is InChI=1S/C20H29ClN4/c1-4-23-20(16-9-5-6-10-17(16)21)12-8-7-11-18(20)22-13-19-24-14(2)15(3)25-19/h5-6,9-10,18,22-23H,4,7-8,11-13H2,1-3H3,(H,24,25). The first-order valence-corrected chi connectivity index (χ1v) is 9.70. The summed E-state index contributed by atoms with van der Waals surface area (Å²) in [5.74, 6) is 1.00. The van der Waals surface area contributed by atoms with Gasteiger partial charge in [0.05, 0.1) is 17.8 Å². The van der Waals surface area contributed by atoms with Crippen LogP contribution >= 0.6 is 11.6 Å². The molecule has 4 nitrogen and oxygen atoms in total. The molecule has 0 saturated heterocycles. The Morgan fingerprint density at radius 2 is 2.08 bits per heavy atom. The molecule has 3 N–H and O–H groups in total. The molecule has 0 radical (unpaired) electrons. The SMILES string of the molecule is CCNC1(c2ccccc2Cl)CCCCC1NCc1nc(C)c(C)[nH]1. The van der Waals surface area contributed by atoms with Crippen LogP contribution in [-0.4, -0.2) is 22.6 Å². The van der Waals surface area contributed by atoms with Crippen molar-refractivity contribution >= 4 is 11.6 Å². The van der Waals surface area contributed by atoms with Gasteiger partial charge in [-0.25, -0.2) is 4.98 Å². The smallest absolute Gasteiger partial charge is 0.120 e. The highest BCUT2D eigenvalue weighted by Crippen LogP contribution is 2.40. The second-order valence-electron chi connectivity index (χ2n) is 7.05. The van der Waals surface area contributed by atoms with Gasteiger partial charge in [-0.1, -0.05) is 49.6 Å². The lowest BCUT2D eigenvalue weighted by Gasteiger charge is -2.46. The van der Waals surface area contributed by atoms with Crippen LogP contribution in [0.1, 0.15) is 55.4 Å². The van der Waals surface area contributed by atoms with Gasteiger partial charge in [-0.2, -0.15) is 0 Å². The Bertz CT molecular complexity index is 688. The highest BCUT2D eigenvalue weighted by atomic mass is 35.5. The third-order valence-corrected chi connectivity index (χ3v) is 5.78. The van der Waals surface area contributed by atoms with E-state index < -0.39 is 0 Å². The van der Waals surface area contributed by atoms with E-state index in [0.29, 0.717) is 6.04 Å². The van der Waals surface area contributed by atoms with Crippen LogP contribution in [0.25, 0.3) is 0 Å². The van der Waals surface area contributed by atoms with Crippen molar-refractivity contribution in [3.05, 3.63) is 52.1 Å². The minimum Gasteiger partial charge on any atom is -0.345 e. The lowest BCUT2D eigenvalue weighted by molar-refractivity contribution is 0.167. The largest absolute Gasteiger partial charge is 0.345 e. The van der Waals surface area contributed by atoms with Crippen LogP contribution in [-0.2, 0) is 12.1 Å². The van der Waals surface area contributed by atoms with Gasteiger partial charge >= 0.3 is 0 Å². The Hall–Kier alpha value is -1.36. The summed E-state index contributed by atoms with van der Waals surface area (Å²) >= 11 is 6.60. The monoisotopic (exact) mass is 360 g/mol. The quantitative estimate of drug-likeness (QED) is 0.723. The van der Waals surface area contributed by atoms with Gasteiger partial charge in [0.15, 0.2) is 0 Å². The summed E-state index contributed by atoms with van der Waals surface area (Å²) in [4.78, 5) is 7.99. The summed E-state index contributed by atoms with van der Waals surface area (Å²) in [6.07, 6.45) is 4.69. The average molecular weight is 361 g/mol. The van der Waals surface area contributed by atoms with Gasteiger partial charge in [0.25, 0.3) is 0 Å². The molecule has 2 unspecified atom stereocenters. The first kappa shape index (κ1) is 18.4. The van der Waals surface area contributed by atoms with Gasteiger partial charge in [0.2, 0.25) is 0 Å². The lowest BCUT2D eigenvalue weighted by atomic mass is 9.72. The molecule has 0 amide bonds. The molecule has 136 valence electrons. The maximum absolute atomic E-state index is 6.60. The molecule has 0 spiro atoms. The van der Waals surface area contributed by atoms with Gasteiger partial charge in [-0.15, -0.1) is 0 Å². The summed E-state index contributed by atoms with van der Waals surface area (Å²) in [6.45, 7) is 7.95. The first-order valence-electron chi connectivity index (χ1n) is 9.32. The number of hydrogen-bond acceptors (Lipinski definition) is 3. The van der Waals surface area contributed by atoms with Crippen molar-refractivity contribution in [2.45, 2.75) is 64.6 Å². The van der Waals surface area contributed by atoms with Crippen molar-refractivity contribution in [1.82, 2.24) is 20.6 Å². The Kier molecular flexibility index (Phi) is 5.82. The molecule has 2 aromatic rings. The van der Waals surface area contributed by atoms with Crippen LogP contribution in [0.15, 0.2) is 24.3 Å². The van der Waals surface area contributed by atoms with Crippen molar-refractivity contribution in [2.24, 2.45) is 0 Å². The van der Waals surface area contributed by atoms with Crippen molar-refractivity contribution in [3.8, 4) is 0 Å². The van der Waals surface area contributed by atoms with Crippen molar-refractivity contribution in [1.29, 1.82) is 0 Å². The van der Waals surface area contributed by atoms with E-state index in [0.717, 1.165) is 48.2 Å². The molecule has 2 atom stereocenters. The van der Waals surface area contributed by atoms with E-state index in [1.165, 1.54) is 18.4 Å². The van der Waals surface area contributed by atoms with E-state index in [1.807, 2.05) is 19.1 Å².